The highest BCUT2D eigenvalue weighted by molar-refractivity contribution is 5.88. The highest BCUT2D eigenvalue weighted by Crippen LogP contribution is 2.26. The zero-order valence-corrected chi connectivity index (χ0v) is 18.3. The molecule has 0 unspecified atom stereocenters. The third-order valence-corrected chi connectivity index (χ3v) is 5.82. The minimum absolute atomic E-state index is 0.00451. The standard InChI is InChI=1S/C24H25F2N3O4/c1-15-4-5-21(33-15)17-13-27-24(28-14-17)29-8-6-16(7-9-29)3-2-10-32-18-11-19(25)22(23(30)31)20(26)12-18/h4-5,11-14,16H,2-3,6-10H2,1H3,(H,30,31). The molecule has 1 fully saturated rings. The lowest BCUT2D eigenvalue weighted by Gasteiger charge is -2.32. The second kappa shape index (κ2) is 9.97. The lowest BCUT2D eigenvalue weighted by Crippen LogP contribution is -2.34. The van der Waals surface area contributed by atoms with Crippen LogP contribution in [0.3, 0.4) is 0 Å². The van der Waals surface area contributed by atoms with Gasteiger partial charge in [0.15, 0.2) is 0 Å². The fraction of sp³-hybridized carbons (Fsp3) is 0.375. The van der Waals surface area contributed by atoms with Crippen LogP contribution in [0.5, 0.6) is 5.75 Å². The molecule has 0 amide bonds. The normalized spacial score (nSPS) is 14.5. The number of carbonyl (C=O) groups is 1. The number of halogens is 2. The minimum atomic E-state index is -1.64. The van der Waals surface area contributed by atoms with E-state index in [4.69, 9.17) is 14.3 Å². The van der Waals surface area contributed by atoms with E-state index >= 15 is 0 Å². The van der Waals surface area contributed by atoms with Crippen LogP contribution in [0.2, 0.25) is 0 Å². The molecule has 0 spiro atoms. The van der Waals surface area contributed by atoms with Crippen molar-refractivity contribution < 1.29 is 27.8 Å². The van der Waals surface area contributed by atoms with Gasteiger partial charge in [0.05, 0.1) is 12.2 Å². The molecule has 2 aromatic heterocycles. The molecule has 7 nitrogen and oxygen atoms in total. The number of hydrogen-bond donors (Lipinski definition) is 1. The zero-order valence-electron chi connectivity index (χ0n) is 18.3. The van der Waals surface area contributed by atoms with Gasteiger partial charge in [-0.15, -0.1) is 0 Å². The molecule has 174 valence electrons. The molecule has 1 N–H and O–H groups in total. The summed E-state index contributed by atoms with van der Waals surface area (Å²) in [7, 11) is 0. The number of nitrogens with zero attached hydrogens (tertiary/aromatic N) is 3. The van der Waals surface area contributed by atoms with Crippen LogP contribution in [-0.2, 0) is 0 Å². The van der Waals surface area contributed by atoms with E-state index in [1.165, 1.54) is 0 Å². The third-order valence-electron chi connectivity index (χ3n) is 5.82. The van der Waals surface area contributed by atoms with Gasteiger partial charge in [0.1, 0.15) is 34.5 Å². The Morgan fingerprint density at radius 2 is 1.85 bits per heavy atom. The summed E-state index contributed by atoms with van der Waals surface area (Å²) in [5.74, 6) is -1.10. The topological polar surface area (TPSA) is 88.7 Å². The average molecular weight is 457 g/mol. The molecule has 0 atom stereocenters. The fourth-order valence-corrected chi connectivity index (χ4v) is 4.02. The Hall–Kier alpha value is -3.49. The van der Waals surface area contributed by atoms with Gasteiger partial charge in [-0.25, -0.2) is 23.5 Å². The van der Waals surface area contributed by atoms with E-state index in [0.29, 0.717) is 18.5 Å². The van der Waals surface area contributed by atoms with Gasteiger partial charge in [-0.2, -0.15) is 0 Å². The van der Waals surface area contributed by atoms with E-state index < -0.39 is 23.2 Å². The van der Waals surface area contributed by atoms with Gasteiger partial charge in [0.2, 0.25) is 5.95 Å². The predicted molar refractivity (Wildman–Crippen MR) is 117 cm³/mol. The van der Waals surface area contributed by atoms with Crippen LogP contribution in [-0.4, -0.2) is 40.7 Å². The minimum Gasteiger partial charge on any atom is -0.493 e. The predicted octanol–water partition coefficient (Wildman–Crippen LogP) is 5.10. The summed E-state index contributed by atoms with van der Waals surface area (Å²) in [5, 5.41) is 8.81. The van der Waals surface area contributed by atoms with Crippen LogP contribution >= 0.6 is 0 Å². The van der Waals surface area contributed by atoms with Crippen molar-refractivity contribution in [2.75, 3.05) is 24.6 Å². The molecular formula is C24H25F2N3O4. The van der Waals surface area contributed by atoms with Crippen LogP contribution in [0.4, 0.5) is 14.7 Å². The summed E-state index contributed by atoms with van der Waals surface area (Å²) in [5.41, 5.74) is -0.122. The van der Waals surface area contributed by atoms with E-state index in [0.717, 1.165) is 68.0 Å². The Bertz CT molecular complexity index is 1090. The summed E-state index contributed by atoms with van der Waals surface area (Å²) in [4.78, 5) is 22.0. The largest absolute Gasteiger partial charge is 0.493 e. The van der Waals surface area contributed by atoms with Gasteiger partial charge in [-0.05, 0) is 50.7 Å². The first-order valence-corrected chi connectivity index (χ1v) is 10.9. The van der Waals surface area contributed by atoms with Crippen molar-refractivity contribution in [2.45, 2.75) is 32.6 Å². The van der Waals surface area contributed by atoms with Crippen molar-refractivity contribution >= 4 is 11.9 Å². The van der Waals surface area contributed by atoms with Gasteiger partial charge in [-0.1, -0.05) is 0 Å². The molecule has 3 heterocycles. The van der Waals surface area contributed by atoms with Crippen LogP contribution in [0, 0.1) is 24.5 Å². The number of ether oxygens (including phenoxy) is 1. The maximum absolute atomic E-state index is 13.7. The smallest absolute Gasteiger partial charge is 0.341 e. The molecular weight excluding hydrogens is 432 g/mol. The van der Waals surface area contributed by atoms with Crippen molar-refractivity contribution in [1.82, 2.24) is 9.97 Å². The fourth-order valence-electron chi connectivity index (χ4n) is 4.02. The second-order valence-corrected chi connectivity index (χ2v) is 8.17. The molecule has 1 aliphatic heterocycles. The first kappa shape index (κ1) is 22.7. The molecule has 1 aliphatic rings. The lowest BCUT2D eigenvalue weighted by atomic mass is 9.92. The average Bonchev–Trinajstić information content (AvgIpc) is 3.23. The second-order valence-electron chi connectivity index (χ2n) is 8.17. The highest BCUT2D eigenvalue weighted by atomic mass is 19.1. The zero-order chi connectivity index (χ0) is 23.4. The monoisotopic (exact) mass is 457 g/mol. The first-order chi connectivity index (χ1) is 15.9. The number of carboxylic acid groups (broad SMARTS) is 1. The number of aromatic nitrogens is 2. The van der Waals surface area contributed by atoms with Gasteiger partial charge in [-0.3, -0.25) is 0 Å². The lowest BCUT2D eigenvalue weighted by molar-refractivity contribution is 0.0686. The number of aryl methyl sites for hydroxylation is 1. The molecule has 4 rings (SSSR count). The molecule has 0 bridgehead atoms. The van der Waals surface area contributed by atoms with Crippen molar-refractivity contribution in [3.63, 3.8) is 0 Å². The quantitative estimate of drug-likeness (QED) is 0.471. The summed E-state index contributed by atoms with van der Waals surface area (Å²) >= 11 is 0. The number of aromatic carboxylic acids is 1. The van der Waals surface area contributed by atoms with Gasteiger partial charge >= 0.3 is 5.97 Å². The Labute approximate surface area is 190 Å². The SMILES string of the molecule is Cc1ccc(-c2cnc(N3CCC(CCCOc4cc(F)c(C(=O)O)c(F)c4)CC3)nc2)o1. The summed E-state index contributed by atoms with van der Waals surface area (Å²) < 4.78 is 38.5. The number of hydrogen-bond acceptors (Lipinski definition) is 6. The van der Waals surface area contributed by atoms with Crippen LogP contribution in [0.25, 0.3) is 11.3 Å². The Morgan fingerprint density at radius 3 is 2.42 bits per heavy atom. The third kappa shape index (κ3) is 5.47. The van der Waals surface area contributed by atoms with E-state index in [1.54, 1.807) is 12.4 Å². The highest BCUT2D eigenvalue weighted by Gasteiger charge is 2.21. The van der Waals surface area contributed by atoms with E-state index in [-0.39, 0.29) is 5.75 Å². The molecule has 0 saturated carbocycles. The number of piperidine rings is 1. The summed E-state index contributed by atoms with van der Waals surface area (Å²) in [6, 6.07) is 5.62. The number of rotatable bonds is 8. The van der Waals surface area contributed by atoms with Gasteiger partial charge in [0.25, 0.3) is 0 Å². The molecule has 0 radical (unpaired) electrons. The van der Waals surface area contributed by atoms with Crippen LogP contribution < -0.4 is 9.64 Å². The van der Waals surface area contributed by atoms with Crippen molar-refractivity contribution in [1.29, 1.82) is 0 Å². The Balaban J connectivity index is 1.20. The molecule has 9 heteroatoms. The van der Waals surface area contributed by atoms with Gasteiger partial charge < -0.3 is 19.2 Å². The number of furan rings is 1. The summed E-state index contributed by atoms with van der Waals surface area (Å²) in [6.07, 6.45) is 7.22. The first-order valence-electron chi connectivity index (χ1n) is 10.9. The van der Waals surface area contributed by atoms with Crippen molar-refractivity contribution in [3.8, 4) is 17.1 Å². The van der Waals surface area contributed by atoms with Crippen molar-refractivity contribution in [3.05, 3.63) is 59.6 Å². The number of benzene rings is 1. The molecule has 33 heavy (non-hydrogen) atoms. The van der Waals surface area contributed by atoms with Crippen molar-refractivity contribution in [2.24, 2.45) is 5.92 Å². The van der Waals surface area contributed by atoms with Crippen LogP contribution in [0.1, 0.15) is 41.8 Å². The number of anilines is 1. The maximum Gasteiger partial charge on any atom is 0.341 e. The molecule has 1 saturated heterocycles. The van der Waals surface area contributed by atoms with Gasteiger partial charge in [0, 0.05) is 37.6 Å². The molecule has 3 aromatic rings. The molecule has 0 aliphatic carbocycles. The van der Waals surface area contributed by atoms with E-state index in [9.17, 15) is 13.6 Å². The van der Waals surface area contributed by atoms with Crippen LogP contribution in [0.15, 0.2) is 41.1 Å². The number of carboxylic acids is 1. The molecule has 1 aromatic carbocycles. The maximum atomic E-state index is 13.7. The Kier molecular flexibility index (Phi) is 6.86. The van der Waals surface area contributed by atoms with E-state index in [2.05, 4.69) is 14.9 Å². The van der Waals surface area contributed by atoms with E-state index in [1.807, 2.05) is 19.1 Å². The Morgan fingerprint density at radius 1 is 1.18 bits per heavy atom. The summed E-state index contributed by atoms with van der Waals surface area (Å²) in [6.45, 7) is 3.92.